The van der Waals surface area contributed by atoms with Crippen LogP contribution >= 0.6 is 11.6 Å². The lowest BCUT2D eigenvalue weighted by Gasteiger charge is -2.19. The maximum atomic E-state index is 11.9. The van der Waals surface area contributed by atoms with Crippen molar-refractivity contribution in [2.45, 2.75) is 26.4 Å². The molecule has 4 heteroatoms. The van der Waals surface area contributed by atoms with Crippen LogP contribution in [0.15, 0.2) is 30.5 Å². The summed E-state index contributed by atoms with van der Waals surface area (Å²) in [6.07, 6.45) is 1.30. The van der Waals surface area contributed by atoms with E-state index in [-0.39, 0.29) is 0 Å². The number of fused-ring (bicyclic) bond motifs is 1. The van der Waals surface area contributed by atoms with Crippen molar-refractivity contribution < 1.29 is 9.53 Å². The van der Waals surface area contributed by atoms with Gasteiger partial charge in [0.1, 0.15) is 5.60 Å². The molecule has 0 amide bonds. The first-order valence-electron chi connectivity index (χ1n) is 5.37. The molecule has 0 unspecified atom stereocenters. The van der Waals surface area contributed by atoms with Crippen molar-refractivity contribution in [3.8, 4) is 0 Å². The number of aromatic nitrogens is 1. The maximum absolute atomic E-state index is 11.9. The van der Waals surface area contributed by atoms with Crippen LogP contribution in [0.3, 0.4) is 0 Å². The van der Waals surface area contributed by atoms with Gasteiger partial charge in [-0.05, 0) is 39.0 Å². The van der Waals surface area contributed by atoms with Crippen LogP contribution in [0.1, 0.15) is 20.8 Å². The third kappa shape index (κ3) is 2.61. The summed E-state index contributed by atoms with van der Waals surface area (Å²) < 4.78 is 6.78. The quantitative estimate of drug-likeness (QED) is 0.707. The minimum Gasteiger partial charge on any atom is -0.443 e. The zero-order valence-electron chi connectivity index (χ0n) is 10.0. The lowest BCUT2D eigenvalue weighted by atomic mass is 10.2. The summed E-state index contributed by atoms with van der Waals surface area (Å²) in [6.45, 7) is 5.51. The summed E-state index contributed by atoms with van der Waals surface area (Å²) in [5, 5.41) is 1.56. The highest BCUT2D eigenvalue weighted by Gasteiger charge is 2.18. The Balaban J connectivity index is 2.42. The molecule has 0 atom stereocenters. The molecule has 2 aromatic rings. The fraction of sp³-hybridized carbons (Fsp3) is 0.308. The van der Waals surface area contributed by atoms with Crippen LogP contribution < -0.4 is 0 Å². The molecule has 0 bridgehead atoms. The smallest absolute Gasteiger partial charge is 0.418 e. The van der Waals surface area contributed by atoms with Crippen molar-refractivity contribution in [1.29, 1.82) is 0 Å². The second-order valence-electron chi connectivity index (χ2n) is 4.87. The number of hydrogen-bond donors (Lipinski definition) is 0. The van der Waals surface area contributed by atoms with Crippen LogP contribution in [0.4, 0.5) is 4.79 Å². The predicted octanol–water partition coefficient (Wildman–Crippen LogP) is 4.08. The summed E-state index contributed by atoms with van der Waals surface area (Å²) in [6, 6.07) is 7.28. The van der Waals surface area contributed by atoms with Gasteiger partial charge in [-0.25, -0.2) is 4.79 Å². The van der Waals surface area contributed by atoms with Gasteiger partial charge in [-0.1, -0.05) is 17.7 Å². The minimum atomic E-state index is -0.508. The van der Waals surface area contributed by atoms with Crippen molar-refractivity contribution in [3.63, 3.8) is 0 Å². The Morgan fingerprint density at radius 3 is 2.65 bits per heavy atom. The molecule has 0 saturated heterocycles. The van der Waals surface area contributed by atoms with E-state index < -0.39 is 11.7 Å². The summed E-state index contributed by atoms with van der Waals surface area (Å²) in [5.41, 5.74) is 0.249. The SMILES string of the molecule is CC(C)(C)OC(=O)n1ccc2ccc(Cl)cc21. The van der Waals surface area contributed by atoms with Crippen LogP contribution in [0.25, 0.3) is 10.9 Å². The summed E-state index contributed by atoms with van der Waals surface area (Å²) in [4.78, 5) is 11.9. The fourth-order valence-corrected chi connectivity index (χ4v) is 1.74. The molecule has 0 aliphatic carbocycles. The monoisotopic (exact) mass is 251 g/mol. The van der Waals surface area contributed by atoms with E-state index in [1.54, 1.807) is 18.3 Å². The highest BCUT2D eigenvalue weighted by molar-refractivity contribution is 6.31. The molecule has 2 rings (SSSR count). The number of halogens is 1. The first-order chi connectivity index (χ1) is 7.87. The lowest BCUT2D eigenvalue weighted by molar-refractivity contribution is 0.0544. The normalized spacial score (nSPS) is 11.8. The van der Waals surface area contributed by atoms with Crippen LogP contribution in [-0.4, -0.2) is 16.3 Å². The molecular weight excluding hydrogens is 238 g/mol. The van der Waals surface area contributed by atoms with E-state index in [9.17, 15) is 4.79 Å². The van der Waals surface area contributed by atoms with E-state index in [0.29, 0.717) is 5.02 Å². The number of nitrogens with zero attached hydrogens (tertiary/aromatic N) is 1. The standard InChI is InChI=1S/C13H14ClNO2/c1-13(2,3)17-12(16)15-7-6-9-4-5-10(14)8-11(9)15/h4-8H,1-3H3. The van der Waals surface area contributed by atoms with Crippen molar-refractivity contribution in [2.75, 3.05) is 0 Å². The Hall–Kier alpha value is -1.48. The summed E-state index contributed by atoms with van der Waals surface area (Å²) in [7, 11) is 0. The van der Waals surface area contributed by atoms with E-state index in [0.717, 1.165) is 10.9 Å². The summed E-state index contributed by atoms with van der Waals surface area (Å²) in [5.74, 6) is 0. The van der Waals surface area contributed by atoms with Gasteiger partial charge in [0.25, 0.3) is 0 Å². The Labute approximate surface area is 105 Å². The molecule has 1 aromatic carbocycles. The molecule has 90 valence electrons. The van der Waals surface area contributed by atoms with Crippen molar-refractivity contribution in [2.24, 2.45) is 0 Å². The van der Waals surface area contributed by atoms with Gasteiger partial charge >= 0.3 is 6.09 Å². The molecule has 17 heavy (non-hydrogen) atoms. The molecule has 1 heterocycles. The van der Waals surface area contributed by atoms with Gasteiger partial charge in [0.05, 0.1) is 5.52 Å². The predicted molar refractivity (Wildman–Crippen MR) is 68.6 cm³/mol. The van der Waals surface area contributed by atoms with Gasteiger partial charge in [0.15, 0.2) is 0 Å². The van der Waals surface area contributed by atoms with Crippen LogP contribution in [-0.2, 0) is 4.74 Å². The Bertz CT molecular complexity index is 566. The van der Waals surface area contributed by atoms with Crippen molar-refractivity contribution >= 4 is 28.6 Å². The largest absolute Gasteiger partial charge is 0.443 e. The molecule has 0 aliphatic heterocycles. The number of rotatable bonds is 0. The molecule has 0 aliphatic rings. The number of benzene rings is 1. The lowest BCUT2D eigenvalue weighted by Crippen LogP contribution is -2.26. The van der Waals surface area contributed by atoms with Crippen molar-refractivity contribution in [1.82, 2.24) is 4.57 Å². The Morgan fingerprint density at radius 2 is 2.00 bits per heavy atom. The average molecular weight is 252 g/mol. The third-order valence-corrected chi connectivity index (χ3v) is 2.48. The Kier molecular flexibility index (Phi) is 2.87. The zero-order valence-corrected chi connectivity index (χ0v) is 10.8. The highest BCUT2D eigenvalue weighted by atomic mass is 35.5. The molecule has 1 aromatic heterocycles. The van der Waals surface area contributed by atoms with E-state index in [2.05, 4.69) is 0 Å². The average Bonchev–Trinajstić information content (AvgIpc) is 2.57. The molecule has 0 saturated carbocycles. The van der Waals surface area contributed by atoms with Crippen LogP contribution in [0.5, 0.6) is 0 Å². The molecule has 0 spiro atoms. The zero-order chi connectivity index (χ0) is 12.6. The second-order valence-corrected chi connectivity index (χ2v) is 5.31. The number of hydrogen-bond acceptors (Lipinski definition) is 2. The highest BCUT2D eigenvalue weighted by Crippen LogP contribution is 2.21. The van der Waals surface area contributed by atoms with E-state index >= 15 is 0 Å². The van der Waals surface area contributed by atoms with Crippen LogP contribution in [0.2, 0.25) is 5.02 Å². The second kappa shape index (κ2) is 4.08. The fourth-order valence-electron chi connectivity index (χ4n) is 1.57. The molecule has 0 radical (unpaired) electrons. The first kappa shape index (κ1) is 12.0. The van der Waals surface area contributed by atoms with Gasteiger partial charge in [-0.2, -0.15) is 0 Å². The summed E-state index contributed by atoms with van der Waals surface area (Å²) >= 11 is 5.92. The van der Waals surface area contributed by atoms with Gasteiger partial charge in [0.2, 0.25) is 0 Å². The van der Waals surface area contributed by atoms with Crippen molar-refractivity contribution in [3.05, 3.63) is 35.5 Å². The third-order valence-electron chi connectivity index (χ3n) is 2.25. The number of carbonyl (C=O) groups is 1. The molecule has 0 fully saturated rings. The Morgan fingerprint density at radius 1 is 1.29 bits per heavy atom. The topological polar surface area (TPSA) is 31.2 Å². The number of carbonyl (C=O) groups excluding carboxylic acids is 1. The molecule has 3 nitrogen and oxygen atoms in total. The van der Waals surface area contributed by atoms with Gasteiger partial charge in [-0.15, -0.1) is 0 Å². The van der Waals surface area contributed by atoms with Gasteiger partial charge in [-0.3, -0.25) is 4.57 Å². The maximum Gasteiger partial charge on any atom is 0.418 e. The van der Waals surface area contributed by atoms with Gasteiger partial charge in [0, 0.05) is 16.6 Å². The minimum absolute atomic E-state index is 0.394. The number of ether oxygens (including phenoxy) is 1. The van der Waals surface area contributed by atoms with Gasteiger partial charge < -0.3 is 4.74 Å². The first-order valence-corrected chi connectivity index (χ1v) is 5.74. The van der Waals surface area contributed by atoms with E-state index in [1.807, 2.05) is 32.9 Å². The van der Waals surface area contributed by atoms with E-state index in [1.165, 1.54) is 4.57 Å². The molecular formula is C13H14ClNO2. The molecule has 0 N–H and O–H groups in total. The van der Waals surface area contributed by atoms with E-state index in [4.69, 9.17) is 16.3 Å². The van der Waals surface area contributed by atoms with Crippen LogP contribution in [0, 0.1) is 0 Å².